The molecular formula is C17H14ClN3. The minimum atomic E-state index is 0.694. The maximum absolute atomic E-state index is 6.06. The number of aromatic nitrogens is 3. The van der Waals surface area contributed by atoms with Crippen molar-refractivity contribution in [3.8, 4) is 11.8 Å². The Morgan fingerprint density at radius 1 is 1.24 bits per heavy atom. The van der Waals surface area contributed by atoms with E-state index in [-0.39, 0.29) is 0 Å². The van der Waals surface area contributed by atoms with Crippen molar-refractivity contribution in [1.29, 1.82) is 0 Å². The minimum Gasteiger partial charge on any atom is -0.234 e. The fourth-order valence-electron chi connectivity index (χ4n) is 2.09. The summed E-state index contributed by atoms with van der Waals surface area (Å²) in [5.41, 5.74) is 3.74. The van der Waals surface area contributed by atoms with E-state index in [0.717, 1.165) is 35.4 Å². The van der Waals surface area contributed by atoms with Gasteiger partial charge in [0.15, 0.2) is 5.65 Å². The van der Waals surface area contributed by atoms with Crippen LogP contribution in [0, 0.1) is 18.8 Å². The first kappa shape index (κ1) is 13.7. The molecule has 0 atom stereocenters. The van der Waals surface area contributed by atoms with Crippen molar-refractivity contribution in [2.24, 2.45) is 0 Å². The van der Waals surface area contributed by atoms with Crippen LogP contribution in [-0.2, 0) is 6.42 Å². The third-order valence-corrected chi connectivity index (χ3v) is 3.44. The van der Waals surface area contributed by atoms with Crippen molar-refractivity contribution < 1.29 is 0 Å². The molecule has 2 aromatic heterocycles. The number of hydrogen-bond donors (Lipinski definition) is 0. The van der Waals surface area contributed by atoms with Gasteiger partial charge >= 0.3 is 0 Å². The number of halogens is 1. The standard InChI is InChI=1S/C17H14ClN3/c1-13-12-17-19-15(10-11-21(17)20-13)8-4-2-6-14-7-3-5-9-16(14)18/h3,5,7,9-12H,4,8H2,1H3. The molecule has 21 heavy (non-hydrogen) atoms. The Labute approximate surface area is 128 Å². The Bertz CT molecular complexity index is 840. The molecule has 0 bridgehead atoms. The van der Waals surface area contributed by atoms with E-state index >= 15 is 0 Å². The number of fused-ring (bicyclic) bond motifs is 1. The Balaban J connectivity index is 1.68. The molecule has 2 heterocycles. The van der Waals surface area contributed by atoms with Gasteiger partial charge < -0.3 is 0 Å². The third-order valence-electron chi connectivity index (χ3n) is 3.11. The molecule has 0 aliphatic rings. The van der Waals surface area contributed by atoms with Gasteiger partial charge in [0.1, 0.15) is 0 Å². The highest BCUT2D eigenvalue weighted by Crippen LogP contribution is 2.13. The van der Waals surface area contributed by atoms with E-state index in [4.69, 9.17) is 11.6 Å². The van der Waals surface area contributed by atoms with E-state index < -0.39 is 0 Å². The van der Waals surface area contributed by atoms with E-state index in [1.807, 2.05) is 49.5 Å². The van der Waals surface area contributed by atoms with Crippen LogP contribution in [0.4, 0.5) is 0 Å². The SMILES string of the molecule is Cc1cc2nc(CCC#Cc3ccccc3Cl)ccn2n1. The van der Waals surface area contributed by atoms with Gasteiger partial charge in [0.05, 0.1) is 10.7 Å². The van der Waals surface area contributed by atoms with E-state index in [1.54, 1.807) is 4.52 Å². The Morgan fingerprint density at radius 3 is 2.95 bits per heavy atom. The summed E-state index contributed by atoms with van der Waals surface area (Å²) in [6.45, 7) is 1.96. The first-order valence-corrected chi connectivity index (χ1v) is 7.15. The molecule has 0 saturated carbocycles. The number of benzene rings is 1. The van der Waals surface area contributed by atoms with E-state index in [0.29, 0.717) is 5.02 Å². The minimum absolute atomic E-state index is 0.694. The molecule has 0 unspecified atom stereocenters. The molecule has 4 heteroatoms. The number of hydrogen-bond acceptors (Lipinski definition) is 2. The molecule has 0 saturated heterocycles. The molecule has 0 N–H and O–H groups in total. The molecule has 104 valence electrons. The predicted octanol–water partition coefficient (Wildman–Crippen LogP) is 3.68. The summed E-state index contributed by atoms with van der Waals surface area (Å²) in [7, 11) is 0. The summed E-state index contributed by atoms with van der Waals surface area (Å²) in [4.78, 5) is 4.56. The molecule has 3 aromatic rings. The van der Waals surface area contributed by atoms with Crippen molar-refractivity contribution in [1.82, 2.24) is 14.6 Å². The molecule has 0 radical (unpaired) electrons. The lowest BCUT2D eigenvalue weighted by atomic mass is 10.2. The van der Waals surface area contributed by atoms with Crippen LogP contribution in [0.1, 0.15) is 23.4 Å². The van der Waals surface area contributed by atoms with Gasteiger partial charge in [-0.3, -0.25) is 0 Å². The van der Waals surface area contributed by atoms with Gasteiger partial charge in [-0.2, -0.15) is 5.10 Å². The molecule has 0 aliphatic carbocycles. The van der Waals surface area contributed by atoms with Crippen LogP contribution in [0.15, 0.2) is 42.6 Å². The van der Waals surface area contributed by atoms with Crippen LogP contribution in [-0.4, -0.2) is 14.6 Å². The number of rotatable bonds is 2. The molecule has 0 fully saturated rings. The monoisotopic (exact) mass is 295 g/mol. The predicted molar refractivity (Wildman–Crippen MR) is 84.4 cm³/mol. The highest BCUT2D eigenvalue weighted by atomic mass is 35.5. The Kier molecular flexibility index (Phi) is 3.89. The second-order valence-corrected chi connectivity index (χ2v) is 5.20. The topological polar surface area (TPSA) is 30.2 Å². The van der Waals surface area contributed by atoms with Crippen LogP contribution in [0.2, 0.25) is 5.02 Å². The smallest absolute Gasteiger partial charge is 0.155 e. The van der Waals surface area contributed by atoms with Crippen molar-refractivity contribution in [3.05, 3.63) is 64.6 Å². The first-order valence-electron chi connectivity index (χ1n) is 6.78. The van der Waals surface area contributed by atoms with Gasteiger partial charge in [0.25, 0.3) is 0 Å². The maximum atomic E-state index is 6.06. The summed E-state index contributed by atoms with van der Waals surface area (Å²) in [6, 6.07) is 11.6. The second-order valence-electron chi connectivity index (χ2n) is 4.79. The summed E-state index contributed by atoms with van der Waals surface area (Å²) >= 11 is 6.06. The van der Waals surface area contributed by atoms with Gasteiger partial charge in [0.2, 0.25) is 0 Å². The second kappa shape index (κ2) is 5.99. The van der Waals surface area contributed by atoms with Crippen molar-refractivity contribution in [2.75, 3.05) is 0 Å². The first-order chi connectivity index (χ1) is 10.2. The van der Waals surface area contributed by atoms with E-state index in [1.165, 1.54) is 0 Å². The van der Waals surface area contributed by atoms with Gasteiger partial charge in [-0.25, -0.2) is 9.50 Å². The van der Waals surface area contributed by atoms with Crippen LogP contribution in [0.3, 0.4) is 0 Å². The zero-order valence-corrected chi connectivity index (χ0v) is 12.4. The Morgan fingerprint density at radius 2 is 2.10 bits per heavy atom. The van der Waals surface area contributed by atoms with Gasteiger partial charge in [-0.15, -0.1) is 0 Å². The molecule has 0 spiro atoms. The lowest BCUT2D eigenvalue weighted by molar-refractivity contribution is 0.884. The highest BCUT2D eigenvalue weighted by Gasteiger charge is 2.00. The Hall–Kier alpha value is -2.31. The van der Waals surface area contributed by atoms with Crippen LogP contribution >= 0.6 is 11.6 Å². The summed E-state index contributed by atoms with van der Waals surface area (Å²) < 4.78 is 1.79. The van der Waals surface area contributed by atoms with Crippen molar-refractivity contribution in [3.63, 3.8) is 0 Å². The largest absolute Gasteiger partial charge is 0.234 e. The molecule has 0 amide bonds. The van der Waals surface area contributed by atoms with Crippen LogP contribution < -0.4 is 0 Å². The van der Waals surface area contributed by atoms with Crippen molar-refractivity contribution >= 4 is 17.2 Å². The molecule has 1 aromatic carbocycles. The van der Waals surface area contributed by atoms with Gasteiger partial charge in [0, 0.05) is 36.4 Å². The average molecular weight is 296 g/mol. The third kappa shape index (κ3) is 3.24. The van der Waals surface area contributed by atoms with E-state index in [2.05, 4.69) is 21.9 Å². The average Bonchev–Trinajstić information content (AvgIpc) is 2.84. The molecule has 3 nitrogen and oxygen atoms in total. The van der Waals surface area contributed by atoms with Gasteiger partial charge in [-0.1, -0.05) is 35.6 Å². The zero-order chi connectivity index (χ0) is 14.7. The maximum Gasteiger partial charge on any atom is 0.155 e. The fourth-order valence-corrected chi connectivity index (χ4v) is 2.27. The molecule has 3 rings (SSSR count). The summed E-state index contributed by atoms with van der Waals surface area (Å²) in [5.74, 6) is 6.24. The lowest BCUT2D eigenvalue weighted by Crippen LogP contribution is -1.94. The van der Waals surface area contributed by atoms with Gasteiger partial charge in [-0.05, 0) is 25.1 Å². The zero-order valence-electron chi connectivity index (χ0n) is 11.7. The van der Waals surface area contributed by atoms with Crippen LogP contribution in [0.25, 0.3) is 5.65 Å². The summed E-state index contributed by atoms with van der Waals surface area (Å²) in [5, 5.41) is 5.01. The van der Waals surface area contributed by atoms with Crippen LogP contribution in [0.5, 0.6) is 0 Å². The lowest BCUT2D eigenvalue weighted by Gasteiger charge is -1.98. The highest BCUT2D eigenvalue weighted by molar-refractivity contribution is 6.31. The van der Waals surface area contributed by atoms with E-state index in [9.17, 15) is 0 Å². The molecule has 0 aliphatic heterocycles. The normalized spacial score (nSPS) is 10.4. The molecular weight excluding hydrogens is 282 g/mol. The number of nitrogens with zero attached hydrogens (tertiary/aromatic N) is 3. The quantitative estimate of drug-likeness (QED) is 0.675. The van der Waals surface area contributed by atoms with Crippen molar-refractivity contribution in [2.45, 2.75) is 19.8 Å². The number of aryl methyl sites for hydroxylation is 2. The fraction of sp³-hybridized carbons (Fsp3) is 0.176. The summed E-state index contributed by atoms with van der Waals surface area (Å²) in [6.07, 6.45) is 3.51.